The first kappa shape index (κ1) is 16.4. The van der Waals surface area contributed by atoms with Gasteiger partial charge < -0.3 is 15.8 Å². The van der Waals surface area contributed by atoms with Crippen LogP contribution in [-0.4, -0.2) is 51.0 Å². The first-order valence-electron chi connectivity index (χ1n) is 6.61. The summed E-state index contributed by atoms with van der Waals surface area (Å²) in [4.78, 5) is 12.2. The largest absolute Gasteiger partial charge is 0.379 e. The monoisotopic (exact) mass is 333 g/mol. The van der Waals surface area contributed by atoms with Crippen LogP contribution >= 0.6 is 11.3 Å². The molecule has 0 unspecified atom stereocenters. The molecule has 0 aromatic carbocycles. The SMILES string of the molecule is C[C@@H](N)C(=O)NCc1ccc(S(=O)(=O)N2CCOCC2)s1. The molecule has 3 N–H and O–H groups in total. The summed E-state index contributed by atoms with van der Waals surface area (Å²) in [5.74, 6) is -0.263. The van der Waals surface area contributed by atoms with Crippen molar-refractivity contribution in [1.82, 2.24) is 9.62 Å². The number of nitrogens with two attached hydrogens (primary N) is 1. The summed E-state index contributed by atoms with van der Waals surface area (Å²) in [5.41, 5.74) is 5.45. The van der Waals surface area contributed by atoms with E-state index in [4.69, 9.17) is 10.5 Å². The Bertz CT molecular complexity index is 591. The molecule has 21 heavy (non-hydrogen) atoms. The molecule has 0 saturated carbocycles. The van der Waals surface area contributed by atoms with Crippen LogP contribution in [0.1, 0.15) is 11.8 Å². The molecule has 9 heteroatoms. The highest BCUT2D eigenvalue weighted by molar-refractivity contribution is 7.91. The molecule has 1 amide bonds. The number of rotatable bonds is 5. The zero-order valence-electron chi connectivity index (χ0n) is 11.7. The highest BCUT2D eigenvalue weighted by atomic mass is 32.2. The van der Waals surface area contributed by atoms with E-state index in [2.05, 4.69) is 5.32 Å². The van der Waals surface area contributed by atoms with Crippen molar-refractivity contribution >= 4 is 27.3 Å². The van der Waals surface area contributed by atoms with Crippen molar-refractivity contribution in [3.8, 4) is 0 Å². The van der Waals surface area contributed by atoms with Gasteiger partial charge in [0.05, 0.1) is 25.8 Å². The van der Waals surface area contributed by atoms with Gasteiger partial charge in [0.1, 0.15) is 4.21 Å². The topological polar surface area (TPSA) is 102 Å². The molecule has 2 heterocycles. The third-order valence-electron chi connectivity index (χ3n) is 3.05. The molecule has 1 aromatic heterocycles. The van der Waals surface area contributed by atoms with Crippen molar-refractivity contribution in [2.45, 2.75) is 23.7 Å². The van der Waals surface area contributed by atoms with E-state index < -0.39 is 16.1 Å². The summed E-state index contributed by atoms with van der Waals surface area (Å²) in [5, 5.41) is 2.66. The second-order valence-corrected chi connectivity index (χ2v) is 8.08. The van der Waals surface area contributed by atoms with Gasteiger partial charge in [-0.15, -0.1) is 11.3 Å². The number of hydrogen-bond donors (Lipinski definition) is 2. The Morgan fingerprint density at radius 3 is 2.76 bits per heavy atom. The minimum absolute atomic E-state index is 0.263. The molecular weight excluding hydrogens is 314 g/mol. The van der Waals surface area contributed by atoms with E-state index in [9.17, 15) is 13.2 Å². The summed E-state index contributed by atoms with van der Waals surface area (Å²) in [7, 11) is -3.46. The van der Waals surface area contributed by atoms with Crippen LogP contribution in [0.25, 0.3) is 0 Å². The Labute approximate surface area is 128 Å². The fourth-order valence-corrected chi connectivity index (χ4v) is 4.70. The average molecular weight is 333 g/mol. The molecule has 7 nitrogen and oxygen atoms in total. The first-order valence-corrected chi connectivity index (χ1v) is 8.87. The highest BCUT2D eigenvalue weighted by Crippen LogP contribution is 2.25. The Hall–Kier alpha value is -1.00. The maximum Gasteiger partial charge on any atom is 0.252 e. The fourth-order valence-electron chi connectivity index (χ4n) is 1.84. The van der Waals surface area contributed by atoms with Gasteiger partial charge in [0.25, 0.3) is 10.0 Å². The van der Waals surface area contributed by atoms with Crippen molar-refractivity contribution in [3.63, 3.8) is 0 Å². The molecule has 1 aromatic rings. The van der Waals surface area contributed by atoms with Crippen LogP contribution in [0.3, 0.4) is 0 Å². The molecule has 118 valence electrons. The van der Waals surface area contributed by atoms with Crippen molar-refractivity contribution < 1.29 is 17.9 Å². The summed E-state index contributed by atoms with van der Waals surface area (Å²) in [6, 6.07) is 2.70. The van der Waals surface area contributed by atoms with E-state index in [1.54, 1.807) is 19.1 Å². The maximum absolute atomic E-state index is 12.4. The molecule has 1 atom stereocenters. The lowest BCUT2D eigenvalue weighted by Crippen LogP contribution is -2.40. The number of morpholine rings is 1. The van der Waals surface area contributed by atoms with Gasteiger partial charge in [0.15, 0.2) is 0 Å². The van der Waals surface area contributed by atoms with Crippen LogP contribution < -0.4 is 11.1 Å². The number of nitrogens with zero attached hydrogens (tertiary/aromatic N) is 1. The summed E-state index contributed by atoms with van der Waals surface area (Å²) >= 11 is 1.16. The number of carbonyl (C=O) groups is 1. The van der Waals surface area contributed by atoms with Crippen LogP contribution in [0.2, 0.25) is 0 Å². The van der Waals surface area contributed by atoms with E-state index in [-0.39, 0.29) is 16.7 Å². The molecular formula is C12H19N3O4S2. The van der Waals surface area contributed by atoms with Gasteiger partial charge in [0, 0.05) is 18.0 Å². The standard InChI is InChI=1S/C12H19N3O4S2/c1-9(13)12(16)14-8-10-2-3-11(20-10)21(17,18)15-4-6-19-7-5-15/h2-3,9H,4-8,13H2,1H3,(H,14,16)/t9-/m1/s1. The van der Waals surface area contributed by atoms with E-state index in [0.29, 0.717) is 26.3 Å². The molecule has 0 radical (unpaired) electrons. The van der Waals surface area contributed by atoms with Crippen LogP contribution in [0.15, 0.2) is 16.3 Å². The summed E-state index contributed by atoms with van der Waals surface area (Å²) < 4.78 is 31.7. The van der Waals surface area contributed by atoms with Gasteiger partial charge in [-0.1, -0.05) is 0 Å². The van der Waals surface area contributed by atoms with Gasteiger partial charge in [-0.2, -0.15) is 4.31 Å². The fraction of sp³-hybridized carbons (Fsp3) is 0.583. The quantitative estimate of drug-likeness (QED) is 0.772. The summed E-state index contributed by atoms with van der Waals surface area (Å²) in [6.07, 6.45) is 0. The second kappa shape index (κ2) is 6.84. The van der Waals surface area contributed by atoms with E-state index >= 15 is 0 Å². The molecule has 1 aliphatic heterocycles. The predicted octanol–water partition coefficient (Wildman–Crippen LogP) is -0.268. The number of nitrogens with one attached hydrogen (secondary N) is 1. The normalized spacial score (nSPS) is 18.4. The molecule has 0 bridgehead atoms. The van der Waals surface area contributed by atoms with Gasteiger partial charge in [-0.05, 0) is 19.1 Å². The first-order chi connectivity index (χ1) is 9.91. The Balaban J connectivity index is 2.03. The number of sulfonamides is 1. The number of thiophene rings is 1. The predicted molar refractivity (Wildman–Crippen MR) is 79.4 cm³/mol. The minimum atomic E-state index is -3.46. The lowest BCUT2D eigenvalue weighted by Gasteiger charge is -2.25. The van der Waals surface area contributed by atoms with Crippen LogP contribution in [0, 0.1) is 0 Å². The highest BCUT2D eigenvalue weighted by Gasteiger charge is 2.27. The minimum Gasteiger partial charge on any atom is -0.379 e. The molecule has 1 fully saturated rings. The molecule has 1 aliphatic rings. The number of amides is 1. The van der Waals surface area contributed by atoms with Crippen molar-refractivity contribution in [2.75, 3.05) is 26.3 Å². The Morgan fingerprint density at radius 2 is 2.14 bits per heavy atom. The molecule has 0 aliphatic carbocycles. The van der Waals surface area contributed by atoms with Gasteiger partial charge >= 0.3 is 0 Å². The lowest BCUT2D eigenvalue weighted by molar-refractivity contribution is -0.122. The number of carbonyl (C=O) groups excluding carboxylic acids is 1. The van der Waals surface area contributed by atoms with Gasteiger partial charge in [-0.3, -0.25) is 4.79 Å². The van der Waals surface area contributed by atoms with Crippen LogP contribution in [0.4, 0.5) is 0 Å². The van der Waals surface area contributed by atoms with E-state index in [1.807, 2.05) is 0 Å². The van der Waals surface area contributed by atoms with Crippen molar-refractivity contribution in [1.29, 1.82) is 0 Å². The van der Waals surface area contributed by atoms with E-state index in [1.165, 1.54) is 4.31 Å². The lowest BCUT2D eigenvalue weighted by atomic mass is 10.3. The van der Waals surface area contributed by atoms with Gasteiger partial charge in [0.2, 0.25) is 5.91 Å². The smallest absolute Gasteiger partial charge is 0.252 e. The van der Waals surface area contributed by atoms with Gasteiger partial charge in [-0.25, -0.2) is 8.42 Å². The summed E-state index contributed by atoms with van der Waals surface area (Å²) in [6.45, 7) is 3.46. The Kier molecular flexibility index (Phi) is 5.33. The zero-order valence-corrected chi connectivity index (χ0v) is 13.4. The van der Waals surface area contributed by atoms with Crippen LogP contribution in [0.5, 0.6) is 0 Å². The maximum atomic E-state index is 12.4. The Morgan fingerprint density at radius 1 is 1.48 bits per heavy atom. The third kappa shape index (κ3) is 4.01. The number of ether oxygens (including phenoxy) is 1. The van der Waals surface area contributed by atoms with Crippen LogP contribution in [-0.2, 0) is 26.1 Å². The molecule has 1 saturated heterocycles. The third-order valence-corrected chi connectivity index (χ3v) is 6.50. The molecule has 0 spiro atoms. The molecule has 2 rings (SSSR count). The number of hydrogen-bond acceptors (Lipinski definition) is 6. The van der Waals surface area contributed by atoms with E-state index in [0.717, 1.165) is 16.2 Å². The average Bonchev–Trinajstić information content (AvgIpc) is 2.95. The second-order valence-electron chi connectivity index (χ2n) is 4.74. The van der Waals surface area contributed by atoms with Crippen molar-refractivity contribution in [3.05, 3.63) is 17.0 Å². The van der Waals surface area contributed by atoms with Crippen molar-refractivity contribution in [2.24, 2.45) is 5.73 Å². The zero-order chi connectivity index (χ0) is 15.5.